The van der Waals surface area contributed by atoms with Crippen molar-refractivity contribution in [2.75, 3.05) is 7.05 Å². The van der Waals surface area contributed by atoms with E-state index in [-0.39, 0.29) is 5.60 Å². The molecule has 3 aliphatic rings. The molecule has 2 saturated carbocycles. The van der Waals surface area contributed by atoms with Gasteiger partial charge in [0, 0.05) is 12.5 Å². The summed E-state index contributed by atoms with van der Waals surface area (Å²) in [4.78, 5) is 0. The van der Waals surface area contributed by atoms with Gasteiger partial charge in [-0.25, -0.2) is 0 Å². The fourth-order valence-corrected chi connectivity index (χ4v) is 4.53. The van der Waals surface area contributed by atoms with E-state index in [1.807, 2.05) is 0 Å². The average Bonchev–Trinajstić information content (AvgIpc) is 2.87. The van der Waals surface area contributed by atoms with Crippen LogP contribution in [0.25, 0.3) is 0 Å². The number of rotatable bonds is 3. The van der Waals surface area contributed by atoms with Crippen molar-refractivity contribution in [1.29, 1.82) is 0 Å². The van der Waals surface area contributed by atoms with Gasteiger partial charge in [-0.05, 0) is 75.1 Å². The van der Waals surface area contributed by atoms with Crippen LogP contribution in [0, 0.1) is 17.8 Å². The van der Waals surface area contributed by atoms with Crippen molar-refractivity contribution in [3.05, 3.63) is 29.3 Å². The molecule has 4 rings (SSSR count). The van der Waals surface area contributed by atoms with E-state index in [9.17, 15) is 0 Å². The molecule has 1 heterocycles. The summed E-state index contributed by atoms with van der Waals surface area (Å²) in [7, 11) is 2.11. The van der Waals surface area contributed by atoms with Crippen molar-refractivity contribution < 1.29 is 4.74 Å². The molecule has 3 unspecified atom stereocenters. The highest BCUT2D eigenvalue weighted by molar-refractivity contribution is 5.43. The quantitative estimate of drug-likeness (QED) is 0.905. The second kappa shape index (κ2) is 4.24. The van der Waals surface area contributed by atoms with Crippen molar-refractivity contribution in [2.24, 2.45) is 17.8 Å². The van der Waals surface area contributed by atoms with Crippen LogP contribution in [0.3, 0.4) is 0 Å². The molecule has 2 aliphatic carbocycles. The molecule has 0 saturated heterocycles. The number of nitrogens with one attached hydrogen (secondary N) is 1. The Morgan fingerprint density at radius 2 is 1.95 bits per heavy atom. The number of ether oxygens (including phenoxy) is 1. The van der Waals surface area contributed by atoms with Gasteiger partial charge in [0.1, 0.15) is 11.4 Å². The highest BCUT2D eigenvalue weighted by atomic mass is 16.5. The number of hydrogen-bond donors (Lipinski definition) is 1. The summed E-state index contributed by atoms with van der Waals surface area (Å²) in [6.45, 7) is 4.35. The normalized spacial score (nSPS) is 34.2. The molecule has 0 amide bonds. The maximum Gasteiger partial charge on any atom is 0.123 e. The molecule has 2 heteroatoms. The van der Waals surface area contributed by atoms with Crippen LogP contribution in [0.15, 0.2) is 18.2 Å². The van der Waals surface area contributed by atoms with Crippen molar-refractivity contribution in [1.82, 2.24) is 5.32 Å². The third kappa shape index (κ3) is 2.05. The van der Waals surface area contributed by atoms with Crippen LogP contribution < -0.4 is 10.1 Å². The summed E-state index contributed by atoms with van der Waals surface area (Å²) in [5.74, 6) is 4.01. The summed E-state index contributed by atoms with van der Waals surface area (Å²) >= 11 is 0. The first-order valence-electron chi connectivity index (χ1n) is 8.05. The molecule has 108 valence electrons. The molecule has 1 aliphatic heterocycles. The van der Waals surface area contributed by atoms with E-state index in [2.05, 4.69) is 44.4 Å². The zero-order valence-electron chi connectivity index (χ0n) is 12.8. The lowest BCUT2D eigenvalue weighted by Gasteiger charge is -2.25. The largest absolute Gasteiger partial charge is 0.487 e. The molecule has 1 N–H and O–H groups in total. The van der Waals surface area contributed by atoms with Gasteiger partial charge >= 0.3 is 0 Å². The predicted octanol–water partition coefficient (Wildman–Crippen LogP) is 3.71. The van der Waals surface area contributed by atoms with Crippen LogP contribution in [0.1, 0.15) is 50.3 Å². The lowest BCUT2D eigenvalue weighted by Crippen LogP contribution is -2.25. The van der Waals surface area contributed by atoms with E-state index in [1.165, 1.54) is 30.4 Å². The standard InChI is InChI=1S/C18H25NO/c1-18(2)10-15-6-11(4-5-16(15)20-18)17(19-3)14-8-12-7-13(12)9-14/h4-6,12-14,17,19H,7-10H2,1-3H3. The smallest absolute Gasteiger partial charge is 0.123 e. The van der Waals surface area contributed by atoms with Crippen LogP contribution in [0.5, 0.6) is 5.75 Å². The van der Waals surface area contributed by atoms with Gasteiger partial charge in [0.15, 0.2) is 0 Å². The summed E-state index contributed by atoms with van der Waals surface area (Å²) in [5.41, 5.74) is 2.81. The van der Waals surface area contributed by atoms with Gasteiger partial charge in [0.25, 0.3) is 0 Å². The molecule has 0 bridgehead atoms. The van der Waals surface area contributed by atoms with Gasteiger partial charge in [-0.2, -0.15) is 0 Å². The molecule has 1 aromatic carbocycles. The Morgan fingerprint density at radius 3 is 2.65 bits per heavy atom. The maximum atomic E-state index is 5.99. The Bertz CT molecular complexity index is 526. The van der Waals surface area contributed by atoms with Crippen molar-refractivity contribution >= 4 is 0 Å². The zero-order valence-corrected chi connectivity index (χ0v) is 12.8. The fraction of sp³-hybridized carbons (Fsp3) is 0.667. The number of benzene rings is 1. The van der Waals surface area contributed by atoms with Gasteiger partial charge in [-0.15, -0.1) is 0 Å². The van der Waals surface area contributed by atoms with Gasteiger partial charge in [-0.3, -0.25) is 0 Å². The summed E-state index contributed by atoms with van der Waals surface area (Å²) < 4.78 is 5.99. The maximum absolute atomic E-state index is 5.99. The summed E-state index contributed by atoms with van der Waals surface area (Å²) in [6, 6.07) is 7.36. The topological polar surface area (TPSA) is 21.3 Å². The minimum atomic E-state index is -0.0366. The molecule has 0 aromatic heterocycles. The highest BCUT2D eigenvalue weighted by Gasteiger charge is 2.48. The minimum absolute atomic E-state index is 0.0366. The monoisotopic (exact) mass is 271 g/mol. The Labute approximate surface area is 121 Å². The molecular formula is C18H25NO. The molecule has 2 fully saturated rings. The molecule has 20 heavy (non-hydrogen) atoms. The van der Waals surface area contributed by atoms with Crippen LogP contribution in [-0.2, 0) is 6.42 Å². The summed E-state index contributed by atoms with van der Waals surface area (Å²) in [6.07, 6.45) is 5.38. The van der Waals surface area contributed by atoms with Crippen molar-refractivity contribution in [2.45, 2.75) is 51.2 Å². The third-order valence-electron chi connectivity index (χ3n) is 5.51. The number of hydrogen-bond acceptors (Lipinski definition) is 2. The lowest BCUT2D eigenvalue weighted by atomic mass is 9.88. The molecule has 0 spiro atoms. The first-order chi connectivity index (χ1) is 9.55. The van der Waals surface area contributed by atoms with Crippen molar-refractivity contribution in [3.63, 3.8) is 0 Å². The zero-order chi connectivity index (χ0) is 13.9. The van der Waals surface area contributed by atoms with Gasteiger partial charge in [0.05, 0.1) is 0 Å². The van der Waals surface area contributed by atoms with Gasteiger partial charge in [0.2, 0.25) is 0 Å². The predicted molar refractivity (Wildman–Crippen MR) is 81.0 cm³/mol. The fourth-order valence-electron chi connectivity index (χ4n) is 4.53. The molecule has 2 nitrogen and oxygen atoms in total. The first kappa shape index (κ1) is 12.7. The molecule has 3 atom stereocenters. The van der Waals surface area contributed by atoms with Gasteiger partial charge in [-0.1, -0.05) is 12.1 Å². The Balaban J connectivity index is 1.58. The third-order valence-corrected chi connectivity index (χ3v) is 5.51. The minimum Gasteiger partial charge on any atom is -0.487 e. The van der Waals surface area contributed by atoms with E-state index in [0.717, 1.165) is 29.9 Å². The lowest BCUT2D eigenvalue weighted by molar-refractivity contribution is 0.138. The van der Waals surface area contributed by atoms with E-state index in [4.69, 9.17) is 4.74 Å². The molecular weight excluding hydrogens is 246 g/mol. The second-order valence-electron chi connectivity index (χ2n) is 7.66. The van der Waals surface area contributed by atoms with Crippen molar-refractivity contribution in [3.8, 4) is 5.75 Å². The summed E-state index contributed by atoms with van der Waals surface area (Å²) in [5, 5.41) is 3.57. The van der Waals surface area contributed by atoms with Crippen LogP contribution in [0.2, 0.25) is 0 Å². The second-order valence-corrected chi connectivity index (χ2v) is 7.66. The van der Waals surface area contributed by atoms with E-state index in [0.29, 0.717) is 6.04 Å². The van der Waals surface area contributed by atoms with E-state index in [1.54, 1.807) is 0 Å². The van der Waals surface area contributed by atoms with E-state index < -0.39 is 0 Å². The molecule has 1 aromatic rings. The van der Waals surface area contributed by atoms with Crippen LogP contribution in [0.4, 0.5) is 0 Å². The average molecular weight is 271 g/mol. The SMILES string of the molecule is CNC(c1ccc2c(c1)CC(C)(C)O2)C1CC2CC2C1. The molecule has 0 radical (unpaired) electrons. The van der Waals surface area contributed by atoms with E-state index >= 15 is 0 Å². The van der Waals surface area contributed by atoms with Crippen LogP contribution in [-0.4, -0.2) is 12.6 Å². The first-order valence-corrected chi connectivity index (χ1v) is 8.05. The van der Waals surface area contributed by atoms with Gasteiger partial charge < -0.3 is 10.1 Å². The Kier molecular flexibility index (Phi) is 2.69. The Morgan fingerprint density at radius 1 is 1.20 bits per heavy atom. The highest BCUT2D eigenvalue weighted by Crippen LogP contribution is 2.57. The van der Waals surface area contributed by atoms with Crippen LogP contribution >= 0.6 is 0 Å². The number of fused-ring (bicyclic) bond motifs is 2. The Hall–Kier alpha value is -1.02.